The minimum absolute atomic E-state index is 0.0962. The van der Waals surface area contributed by atoms with Gasteiger partial charge in [0.15, 0.2) is 0 Å². The molecule has 1 unspecified atom stereocenters. The zero-order valence-electron chi connectivity index (χ0n) is 17.7. The third-order valence-electron chi connectivity index (χ3n) is 5.05. The van der Waals surface area contributed by atoms with Crippen LogP contribution in [-0.2, 0) is 16.0 Å². The number of halogens is 1. The number of hydrogen-bond donors (Lipinski definition) is 0. The molecule has 1 saturated heterocycles. The average Bonchev–Trinajstić information content (AvgIpc) is 2.62. The zero-order valence-corrected chi connectivity index (χ0v) is 17.7. The predicted molar refractivity (Wildman–Crippen MR) is 107 cm³/mol. The van der Waals surface area contributed by atoms with Gasteiger partial charge in [0.1, 0.15) is 11.4 Å². The molecule has 0 radical (unpaired) electrons. The SMILES string of the molecule is CC(Cc1ccc(F)cc1)C(=O)N(C)CC1CCN(C(=O)OC(C)(C)C)CC1. The number of likely N-dealkylation sites (tertiary alicyclic amines) is 1. The third-order valence-corrected chi connectivity index (χ3v) is 5.05. The first kappa shape index (κ1) is 22.2. The highest BCUT2D eigenvalue weighted by Crippen LogP contribution is 2.21. The fourth-order valence-corrected chi connectivity index (χ4v) is 3.54. The van der Waals surface area contributed by atoms with E-state index in [0.29, 0.717) is 32.0 Å². The minimum atomic E-state index is -0.485. The van der Waals surface area contributed by atoms with Crippen molar-refractivity contribution in [3.05, 3.63) is 35.6 Å². The van der Waals surface area contributed by atoms with Gasteiger partial charge >= 0.3 is 6.09 Å². The lowest BCUT2D eigenvalue weighted by Crippen LogP contribution is -2.44. The number of carbonyl (C=O) groups excluding carboxylic acids is 2. The average molecular weight is 393 g/mol. The molecule has 1 heterocycles. The van der Waals surface area contributed by atoms with Crippen LogP contribution in [0.1, 0.15) is 46.1 Å². The van der Waals surface area contributed by atoms with E-state index in [9.17, 15) is 14.0 Å². The van der Waals surface area contributed by atoms with Crippen molar-refractivity contribution in [2.75, 3.05) is 26.7 Å². The lowest BCUT2D eigenvalue weighted by molar-refractivity contribution is -0.134. The monoisotopic (exact) mass is 392 g/mol. The van der Waals surface area contributed by atoms with E-state index in [0.717, 1.165) is 18.4 Å². The van der Waals surface area contributed by atoms with E-state index < -0.39 is 5.60 Å². The minimum Gasteiger partial charge on any atom is -0.444 e. The number of piperidine rings is 1. The maximum atomic E-state index is 13.0. The van der Waals surface area contributed by atoms with Crippen LogP contribution in [0.25, 0.3) is 0 Å². The molecule has 2 rings (SSSR count). The Balaban J connectivity index is 1.78. The number of ether oxygens (including phenoxy) is 1. The second-order valence-electron chi connectivity index (χ2n) is 8.86. The summed E-state index contributed by atoms with van der Waals surface area (Å²) in [6, 6.07) is 6.31. The number of nitrogens with zero attached hydrogens (tertiary/aromatic N) is 2. The van der Waals surface area contributed by atoms with E-state index in [1.807, 2.05) is 34.7 Å². The molecule has 1 aromatic rings. The molecule has 1 aliphatic heterocycles. The molecule has 0 aliphatic carbocycles. The van der Waals surface area contributed by atoms with Crippen molar-refractivity contribution in [1.82, 2.24) is 9.80 Å². The maximum Gasteiger partial charge on any atom is 0.410 e. The highest BCUT2D eigenvalue weighted by atomic mass is 19.1. The van der Waals surface area contributed by atoms with Gasteiger partial charge in [-0.2, -0.15) is 0 Å². The Morgan fingerprint density at radius 2 is 1.79 bits per heavy atom. The first-order valence-electron chi connectivity index (χ1n) is 10.0. The summed E-state index contributed by atoms with van der Waals surface area (Å²) in [7, 11) is 1.84. The molecule has 156 valence electrons. The molecule has 28 heavy (non-hydrogen) atoms. The first-order chi connectivity index (χ1) is 13.0. The molecule has 0 bridgehead atoms. The van der Waals surface area contributed by atoms with Gasteiger partial charge in [-0.3, -0.25) is 4.79 Å². The Bertz CT molecular complexity index is 661. The number of hydrogen-bond acceptors (Lipinski definition) is 3. The van der Waals surface area contributed by atoms with Gasteiger partial charge in [-0.25, -0.2) is 9.18 Å². The Hall–Kier alpha value is -2.11. The number of benzene rings is 1. The Morgan fingerprint density at radius 1 is 1.21 bits per heavy atom. The van der Waals surface area contributed by atoms with Crippen LogP contribution in [0.3, 0.4) is 0 Å². The summed E-state index contributed by atoms with van der Waals surface area (Å²) in [5.74, 6) is 0.0550. The number of carbonyl (C=O) groups is 2. The lowest BCUT2D eigenvalue weighted by atomic mass is 9.95. The van der Waals surface area contributed by atoms with Crippen LogP contribution >= 0.6 is 0 Å². The van der Waals surface area contributed by atoms with E-state index in [4.69, 9.17) is 4.74 Å². The summed E-state index contributed by atoms with van der Waals surface area (Å²) in [6.45, 7) is 9.52. The number of rotatable bonds is 5. The van der Waals surface area contributed by atoms with Crippen molar-refractivity contribution in [2.24, 2.45) is 11.8 Å². The predicted octanol–water partition coefficient (Wildman–Crippen LogP) is 4.11. The highest BCUT2D eigenvalue weighted by Gasteiger charge is 2.28. The molecule has 0 N–H and O–H groups in total. The highest BCUT2D eigenvalue weighted by molar-refractivity contribution is 5.78. The Labute approximate surface area is 167 Å². The zero-order chi connectivity index (χ0) is 20.9. The first-order valence-corrected chi connectivity index (χ1v) is 10.0. The van der Waals surface area contributed by atoms with Gasteiger partial charge in [-0.1, -0.05) is 19.1 Å². The van der Waals surface area contributed by atoms with Crippen molar-refractivity contribution < 1.29 is 18.7 Å². The maximum absolute atomic E-state index is 13.0. The van der Waals surface area contributed by atoms with Gasteiger partial charge in [-0.15, -0.1) is 0 Å². The quantitative estimate of drug-likeness (QED) is 0.758. The second kappa shape index (κ2) is 9.39. The van der Waals surface area contributed by atoms with Gasteiger partial charge in [0, 0.05) is 32.6 Å². The van der Waals surface area contributed by atoms with Gasteiger partial charge in [0.2, 0.25) is 5.91 Å². The van der Waals surface area contributed by atoms with Crippen molar-refractivity contribution >= 4 is 12.0 Å². The Morgan fingerprint density at radius 3 is 2.32 bits per heavy atom. The molecule has 1 fully saturated rings. The molecule has 6 heteroatoms. The Kier molecular flexibility index (Phi) is 7.44. The fourth-order valence-electron chi connectivity index (χ4n) is 3.54. The largest absolute Gasteiger partial charge is 0.444 e. The summed E-state index contributed by atoms with van der Waals surface area (Å²) in [5.41, 5.74) is 0.475. The third kappa shape index (κ3) is 6.80. The summed E-state index contributed by atoms with van der Waals surface area (Å²) in [4.78, 5) is 28.4. The summed E-state index contributed by atoms with van der Waals surface area (Å²) in [6.07, 6.45) is 2.07. The van der Waals surface area contributed by atoms with E-state index >= 15 is 0 Å². The summed E-state index contributed by atoms with van der Waals surface area (Å²) in [5, 5.41) is 0. The normalized spacial score (nSPS) is 16.6. The molecule has 0 saturated carbocycles. The molecule has 0 spiro atoms. The van der Waals surface area contributed by atoms with Gasteiger partial charge < -0.3 is 14.5 Å². The summed E-state index contributed by atoms with van der Waals surface area (Å²) >= 11 is 0. The molecule has 5 nitrogen and oxygen atoms in total. The van der Waals surface area contributed by atoms with Crippen LogP contribution in [-0.4, -0.2) is 54.1 Å². The van der Waals surface area contributed by atoms with Crippen LogP contribution in [0, 0.1) is 17.7 Å². The fraction of sp³-hybridized carbons (Fsp3) is 0.636. The van der Waals surface area contributed by atoms with Gasteiger partial charge in [-0.05, 0) is 63.6 Å². The van der Waals surface area contributed by atoms with Crippen LogP contribution in [0.4, 0.5) is 9.18 Å². The van der Waals surface area contributed by atoms with E-state index in [-0.39, 0.29) is 23.7 Å². The molecule has 1 atom stereocenters. The van der Waals surface area contributed by atoms with Crippen molar-refractivity contribution in [2.45, 2.75) is 52.6 Å². The van der Waals surface area contributed by atoms with E-state index in [1.54, 1.807) is 21.9 Å². The van der Waals surface area contributed by atoms with Crippen molar-refractivity contribution in [1.29, 1.82) is 0 Å². The van der Waals surface area contributed by atoms with Crippen LogP contribution < -0.4 is 0 Å². The standard InChI is InChI=1S/C22H33FN2O3/c1-16(14-17-6-8-19(23)9-7-17)20(26)24(5)15-18-10-12-25(13-11-18)21(27)28-22(2,3)4/h6-9,16,18H,10-15H2,1-5H3. The van der Waals surface area contributed by atoms with Crippen molar-refractivity contribution in [3.8, 4) is 0 Å². The van der Waals surface area contributed by atoms with Gasteiger partial charge in [0.25, 0.3) is 0 Å². The van der Waals surface area contributed by atoms with Crippen LogP contribution in [0.2, 0.25) is 0 Å². The van der Waals surface area contributed by atoms with E-state index in [2.05, 4.69) is 0 Å². The second-order valence-corrected chi connectivity index (χ2v) is 8.86. The van der Waals surface area contributed by atoms with Gasteiger partial charge in [0.05, 0.1) is 0 Å². The molecule has 1 aliphatic rings. The topological polar surface area (TPSA) is 49.9 Å². The molecular formula is C22H33FN2O3. The van der Waals surface area contributed by atoms with Crippen molar-refractivity contribution in [3.63, 3.8) is 0 Å². The van der Waals surface area contributed by atoms with Crippen LogP contribution in [0.5, 0.6) is 0 Å². The van der Waals surface area contributed by atoms with E-state index in [1.165, 1.54) is 12.1 Å². The van der Waals surface area contributed by atoms with Crippen LogP contribution in [0.15, 0.2) is 24.3 Å². The smallest absolute Gasteiger partial charge is 0.410 e. The molecule has 1 aromatic carbocycles. The summed E-state index contributed by atoms with van der Waals surface area (Å²) < 4.78 is 18.4. The molecule has 2 amide bonds. The lowest BCUT2D eigenvalue weighted by Gasteiger charge is -2.35. The molecular weight excluding hydrogens is 359 g/mol. The number of amides is 2. The molecule has 0 aromatic heterocycles.